The number of nitrogens with one attached hydrogen (secondary N) is 2. The molecule has 0 fully saturated rings. The van der Waals surface area contributed by atoms with Crippen molar-refractivity contribution in [3.05, 3.63) is 139 Å². The van der Waals surface area contributed by atoms with Crippen LogP contribution in [0.4, 0.5) is 0 Å². The van der Waals surface area contributed by atoms with E-state index < -0.39 is 0 Å². The van der Waals surface area contributed by atoms with Gasteiger partial charge in [-0.2, -0.15) is 5.26 Å². The summed E-state index contributed by atoms with van der Waals surface area (Å²) in [6, 6.07) is 24.3. The van der Waals surface area contributed by atoms with Crippen molar-refractivity contribution in [1.82, 2.24) is 19.9 Å². The van der Waals surface area contributed by atoms with Gasteiger partial charge in [0.25, 0.3) is 0 Å². The maximum atomic E-state index is 10.6. The van der Waals surface area contributed by atoms with Gasteiger partial charge in [0.05, 0.1) is 28.3 Å². The second kappa shape index (κ2) is 12.8. The third-order valence-corrected chi connectivity index (χ3v) is 10.6. The normalized spacial score (nSPS) is 12.1. The highest BCUT2D eigenvalue weighted by Gasteiger charge is 2.22. The molecule has 2 N–H and O–H groups in total. The van der Waals surface area contributed by atoms with E-state index in [0.29, 0.717) is 11.3 Å². The van der Waals surface area contributed by atoms with Crippen LogP contribution in [0.1, 0.15) is 78.4 Å². The van der Waals surface area contributed by atoms with Crippen LogP contribution in [0.5, 0.6) is 0 Å². The first-order valence-electron chi connectivity index (χ1n) is 18.2. The fraction of sp³-hybridized carbons (Fsp3) is 0.188. The molecule has 6 aromatic rings. The quantitative estimate of drug-likeness (QED) is 0.194. The number of aryl methyl sites for hydroxylation is 9. The standard InChI is InChI=1S/C48H43N5/c1-25-18-28(4)43(29(5)19-25)46-37-12-10-35(50-37)34(24-49)36-11-13-38(51-36)47(44-30(6)20-26(2)21-31(44)7)40-15-17-42(53-40)48(41-16-14-39(46)52-41)45-32(8)22-27(3)23-33(45)9/h10-23,50,53H,1-9H3. The van der Waals surface area contributed by atoms with Gasteiger partial charge in [-0.05, 0) is 161 Å². The minimum absolute atomic E-state index is 0.493. The molecule has 0 saturated heterocycles. The van der Waals surface area contributed by atoms with Crippen LogP contribution < -0.4 is 0 Å². The third kappa shape index (κ3) is 5.72. The zero-order valence-electron chi connectivity index (χ0n) is 31.9. The molecule has 0 spiro atoms. The number of nitriles is 1. The number of rotatable bonds is 3. The zero-order valence-corrected chi connectivity index (χ0v) is 31.9. The predicted octanol–water partition coefficient (Wildman–Crippen LogP) is 12.3. The number of hydrogen-bond donors (Lipinski definition) is 2. The van der Waals surface area contributed by atoms with E-state index in [0.717, 1.165) is 67.0 Å². The third-order valence-electron chi connectivity index (χ3n) is 10.6. The monoisotopic (exact) mass is 689 g/mol. The molecule has 5 nitrogen and oxygen atoms in total. The number of aromatic nitrogens is 4. The molecule has 0 atom stereocenters. The number of aromatic amines is 2. The van der Waals surface area contributed by atoms with Gasteiger partial charge in [0.2, 0.25) is 0 Å². The Morgan fingerprint density at radius 1 is 0.396 bits per heavy atom. The van der Waals surface area contributed by atoms with Crippen LogP contribution in [0.25, 0.3) is 79.8 Å². The van der Waals surface area contributed by atoms with Crippen molar-refractivity contribution in [1.29, 1.82) is 5.26 Å². The molecule has 2 aliphatic rings. The van der Waals surface area contributed by atoms with Gasteiger partial charge in [0, 0.05) is 33.2 Å². The van der Waals surface area contributed by atoms with E-state index in [-0.39, 0.29) is 0 Å². The molecule has 0 aliphatic carbocycles. The van der Waals surface area contributed by atoms with Crippen molar-refractivity contribution in [2.45, 2.75) is 62.3 Å². The fourth-order valence-electron chi connectivity index (χ4n) is 8.84. The smallest absolute Gasteiger partial charge is 0.104 e. The van der Waals surface area contributed by atoms with Crippen molar-refractivity contribution in [3.8, 4) is 39.4 Å². The van der Waals surface area contributed by atoms with Gasteiger partial charge in [-0.3, -0.25) is 0 Å². The Balaban J connectivity index is 1.62. The molecule has 2 aliphatic heterocycles. The molecule has 53 heavy (non-hydrogen) atoms. The number of fused-ring (bicyclic) bond motifs is 8. The molecule has 5 heteroatoms. The Bertz CT molecular complexity index is 2700. The summed E-state index contributed by atoms with van der Waals surface area (Å²) in [5.41, 5.74) is 24.5. The minimum atomic E-state index is 0.493. The van der Waals surface area contributed by atoms with Crippen LogP contribution in [0.2, 0.25) is 0 Å². The maximum absolute atomic E-state index is 10.6. The van der Waals surface area contributed by atoms with E-state index in [9.17, 15) is 5.26 Å². The summed E-state index contributed by atoms with van der Waals surface area (Å²) in [6.45, 7) is 19.5. The average Bonchev–Trinajstić information content (AvgIpc) is 3.91. The second-order valence-corrected chi connectivity index (χ2v) is 14.9. The molecule has 0 radical (unpaired) electrons. The average molecular weight is 690 g/mol. The zero-order chi connectivity index (χ0) is 37.3. The van der Waals surface area contributed by atoms with Crippen LogP contribution >= 0.6 is 0 Å². The number of H-pyrrole nitrogens is 2. The van der Waals surface area contributed by atoms with E-state index in [1.807, 2.05) is 18.2 Å². The van der Waals surface area contributed by atoms with E-state index in [2.05, 4.69) is 145 Å². The van der Waals surface area contributed by atoms with Crippen LogP contribution in [0.3, 0.4) is 0 Å². The van der Waals surface area contributed by atoms with Gasteiger partial charge < -0.3 is 9.97 Å². The van der Waals surface area contributed by atoms with Gasteiger partial charge in [0.1, 0.15) is 11.6 Å². The number of nitrogens with zero attached hydrogens (tertiary/aromatic N) is 3. The number of benzene rings is 3. The molecular formula is C48H43N5. The summed E-state index contributed by atoms with van der Waals surface area (Å²) in [5.74, 6) is 0. The summed E-state index contributed by atoms with van der Waals surface area (Å²) in [7, 11) is 0. The summed E-state index contributed by atoms with van der Waals surface area (Å²) in [5, 5.41) is 10.6. The van der Waals surface area contributed by atoms with E-state index >= 15 is 0 Å². The first-order chi connectivity index (χ1) is 25.4. The molecule has 8 bridgehead atoms. The molecule has 0 amide bonds. The Labute approximate surface area is 311 Å². The molecule has 3 aromatic carbocycles. The lowest BCUT2D eigenvalue weighted by Gasteiger charge is -2.14. The molecular weight excluding hydrogens is 647 g/mol. The van der Waals surface area contributed by atoms with Crippen LogP contribution in [-0.4, -0.2) is 19.9 Å². The Kier molecular flexibility index (Phi) is 8.15. The molecule has 5 heterocycles. The maximum Gasteiger partial charge on any atom is 0.104 e. The first-order valence-corrected chi connectivity index (χ1v) is 18.2. The SMILES string of the molecule is Cc1cc(C)c(-c2c3nc(c(-c4c(C)cc(C)cc4C)c4ccc([nH]4)c(-c4c(C)cc(C)cc4C)c4nc(c(C#N)c5ccc2[nH]5)C=C4)C=C3)c(C)c1. The van der Waals surface area contributed by atoms with Gasteiger partial charge in [0.15, 0.2) is 0 Å². The van der Waals surface area contributed by atoms with E-state index in [4.69, 9.17) is 9.97 Å². The van der Waals surface area contributed by atoms with E-state index in [1.54, 1.807) is 0 Å². The second-order valence-electron chi connectivity index (χ2n) is 14.9. The van der Waals surface area contributed by atoms with Crippen molar-refractivity contribution in [3.63, 3.8) is 0 Å². The van der Waals surface area contributed by atoms with Crippen molar-refractivity contribution in [2.75, 3.05) is 0 Å². The highest BCUT2D eigenvalue weighted by Crippen LogP contribution is 2.41. The summed E-state index contributed by atoms with van der Waals surface area (Å²) < 4.78 is 0. The highest BCUT2D eigenvalue weighted by molar-refractivity contribution is 6.00. The lowest BCUT2D eigenvalue weighted by Crippen LogP contribution is -1.96. The van der Waals surface area contributed by atoms with Crippen molar-refractivity contribution < 1.29 is 0 Å². The van der Waals surface area contributed by atoms with Crippen LogP contribution in [0.15, 0.2) is 60.7 Å². The topological polar surface area (TPSA) is 81.2 Å². The molecule has 0 unspecified atom stereocenters. The van der Waals surface area contributed by atoms with Gasteiger partial charge in [-0.15, -0.1) is 0 Å². The molecule has 3 aromatic heterocycles. The van der Waals surface area contributed by atoms with Crippen LogP contribution in [0, 0.1) is 73.6 Å². The minimum Gasteiger partial charge on any atom is -0.354 e. The highest BCUT2D eigenvalue weighted by atomic mass is 14.8. The largest absolute Gasteiger partial charge is 0.354 e. The predicted molar refractivity (Wildman–Crippen MR) is 223 cm³/mol. The summed E-state index contributed by atoms with van der Waals surface area (Å²) >= 11 is 0. The molecule has 260 valence electrons. The van der Waals surface area contributed by atoms with Gasteiger partial charge in [-0.1, -0.05) is 53.1 Å². The molecule has 0 saturated carbocycles. The summed E-state index contributed by atoms with van der Waals surface area (Å²) in [6.07, 6.45) is 8.31. The number of hydrogen-bond acceptors (Lipinski definition) is 3. The Morgan fingerprint density at radius 2 is 0.679 bits per heavy atom. The van der Waals surface area contributed by atoms with Crippen molar-refractivity contribution in [2.24, 2.45) is 0 Å². The van der Waals surface area contributed by atoms with Crippen LogP contribution in [-0.2, 0) is 0 Å². The van der Waals surface area contributed by atoms with E-state index in [1.165, 1.54) is 55.6 Å². The Morgan fingerprint density at radius 3 is 1.02 bits per heavy atom. The lowest BCUT2D eigenvalue weighted by atomic mass is 9.92. The molecule has 8 rings (SSSR count). The van der Waals surface area contributed by atoms with Gasteiger partial charge in [-0.25, -0.2) is 9.97 Å². The fourth-order valence-corrected chi connectivity index (χ4v) is 8.84. The van der Waals surface area contributed by atoms with Gasteiger partial charge >= 0.3 is 0 Å². The summed E-state index contributed by atoms with van der Waals surface area (Å²) in [4.78, 5) is 18.2. The van der Waals surface area contributed by atoms with Crippen molar-refractivity contribution >= 4 is 46.4 Å². The first kappa shape index (κ1) is 33.9. The lowest BCUT2D eigenvalue weighted by molar-refractivity contribution is 1.27. The Hall–Kier alpha value is -6.25.